The van der Waals surface area contributed by atoms with Crippen LogP contribution in [0.15, 0.2) is 17.0 Å². The lowest BCUT2D eigenvalue weighted by molar-refractivity contribution is 0.408. The van der Waals surface area contributed by atoms with E-state index in [1.165, 1.54) is 12.1 Å². The molecule has 0 aliphatic rings. The first-order chi connectivity index (χ1) is 6.36. The number of methoxy groups -OCH3 is 1. The quantitative estimate of drug-likeness (QED) is 0.738. The van der Waals surface area contributed by atoms with Gasteiger partial charge in [-0.1, -0.05) is 0 Å². The van der Waals surface area contributed by atoms with Crippen molar-refractivity contribution in [3.05, 3.63) is 23.3 Å². The van der Waals surface area contributed by atoms with Crippen LogP contribution < -0.4 is 4.74 Å². The molecule has 3 nitrogen and oxygen atoms in total. The second-order valence-electron chi connectivity index (χ2n) is 3.03. The SMILES string of the molecule is COc1c(C)cc(S(=O)(=O)Cl)cc1C. The van der Waals surface area contributed by atoms with Crippen molar-refractivity contribution >= 4 is 19.7 Å². The van der Waals surface area contributed by atoms with Gasteiger partial charge < -0.3 is 4.74 Å². The Labute approximate surface area is 88.1 Å². The van der Waals surface area contributed by atoms with E-state index in [1.54, 1.807) is 21.0 Å². The Bertz CT molecular complexity index is 428. The molecule has 0 unspecified atom stereocenters. The molecule has 0 saturated heterocycles. The van der Waals surface area contributed by atoms with Gasteiger partial charge in [0.1, 0.15) is 5.75 Å². The molecular weight excluding hydrogens is 224 g/mol. The Balaban J connectivity index is 3.43. The Hall–Kier alpha value is -0.740. The lowest BCUT2D eigenvalue weighted by atomic mass is 10.1. The van der Waals surface area contributed by atoms with Gasteiger partial charge >= 0.3 is 0 Å². The van der Waals surface area contributed by atoms with Gasteiger partial charge in [0.25, 0.3) is 9.05 Å². The molecule has 1 aromatic carbocycles. The van der Waals surface area contributed by atoms with Crippen LogP contribution in [-0.4, -0.2) is 15.5 Å². The number of aryl methyl sites for hydroxylation is 2. The smallest absolute Gasteiger partial charge is 0.261 e. The van der Waals surface area contributed by atoms with Crippen molar-refractivity contribution in [2.75, 3.05) is 7.11 Å². The zero-order chi connectivity index (χ0) is 10.9. The molecule has 1 rings (SSSR count). The van der Waals surface area contributed by atoms with Gasteiger partial charge in [-0.05, 0) is 37.1 Å². The van der Waals surface area contributed by atoms with Crippen molar-refractivity contribution in [2.24, 2.45) is 0 Å². The molecule has 78 valence electrons. The van der Waals surface area contributed by atoms with E-state index in [-0.39, 0.29) is 4.90 Å². The normalized spacial score (nSPS) is 11.4. The molecule has 0 aromatic heterocycles. The predicted octanol–water partition coefficient (Wildman–Crippen LogP) is 2.24. The van der Waals surface area contributed by atoms with Crippen molar-refractivity contribution < 1.29 is 13.2 Å². The van der Waals surface area contributed by atoms with E-state index in [2.05, 4.69) is 0 Å². The zero-order valence-corrected chi connectivity index (χ0v) is 9.74. The summed E-state index contributed by atoms with van der Waals surface area (Å²) in [5, 5.41) is 0. The number of hydrogen-bond donors (Lipinski definition) is 0. The van der Waals surface area contributed by atoms with E-state index < -0.39 is 9.05 Å². The van der Waals surface area contributed by atoms with Crippen molar-refractivity contribution in [3.63, 3.8) is 0 Å². The first-order valence-electron chi connectivity index (χ1n) is 3.96. The monoisotopic (exact) mass is 234 g/mol. The Morgan fingerprint density at radius 3 is 1.93 bits per heavy atom. The molecule has 0 aliphatic heterocycles. The molecule has 0 saturated carbocycles. The van der Waals surface area contributed by atoms with E-state index in [4.69, 9.17) is 15.4 Å². The molecule has 5 heteroatoms. The number of benzene rings is 1. The molecule has 0 N–H and O–H groups in total. The van der Waals surface area contributed by atoms with Crippen molar-refractivity contribution in [3.8, 4) is 5.75 Å². The maximum Gasteiger partial charge on any atom is 0.261 e. The fourth-order valence-electron chi connectivity index (χ4n) is 1.37. The summed E-state index contributed by atoms with van der Waals surface area (Å²) >= 11 is 0. The summed E-state index contributed by atoms with van der Waals surface area (Å²) in [4.78, 5) is 0.106. The second kappa shape index (κ2) is 3.79. The topological polar surface area (TPSA) is 43.4 Å². The summed E-state index contributed by atoms with van der Waals surface area (Å²) in [6, 6.07) is 2.99. The number of ether oxygens (including phenoxy) is 1. The summed E-state index contributed by atoms with van der Waals surface area (Å²) in [5.41, 5.74) is 1.51. The third-order valence-corrected chi connectivity index (χ3v) is 3.25. The minimum atomic E-state index is -3.66. The predicted molar refractivity (Wildman–Crippen MR) is 55.5 cm³/mol. The van der Waals surface area contributed by atoms with Gasteiger partial charge in [0.15, 0.2) is 0 Å². The summed E-state index contributed by atoms with van der Waals surface area (Å²) in [6.07, 6.45) is 0. The van der Waals surface area contributed by atoms with Gasteiger partial charge in [-0.25, -0.2) is 8.42 Å². The maximum absolute atomic E-state index is 11.1. The van der Waals surface area contributed by atoms with Crippen LogP contribution >= 0.6 is 10.7 Å². The first-order valence-corrected chi connectivity index (χ1v) is 6.27. The third-order valence-electron chi connectivity index (χ3n) is 1.92. The van der Waals surface area contributed by atoms with Crippen LogP contribution in [0.4, 0.5) is 0 Å². The maximum atomic E-state index is 11.1. The fraction of sp³-hybridized carbons (Fsp3) is 0.333. The van der Waals surface area contributed by atoms with Crippen LogP contribution in [0.25, 0.3) is 0 Å². The number of halogens is 1. The van der Waals surface area contributed by atoms with Crippen LogP contribution in [0.3, 0.4) is 0 Å². The summed E-state index contributed by atoms with van der Waals surface area (Å²) in [6.45, 7) is 3.55. The molecule has 0 amide bonds. The molecule has 0 heterocycles. The second-order valence-corrected chi connectivity index (χ2v) is 5.59. The zero-order valence-electron chi connectivity index (χ0n) is 8.17. The Kier molecular flexibility index (Phi) is 3.07. The molecule has 0 fully saturated rings. The highest BCUT2D eigenvalue weighted by atomic mass is 35.7. The Morgan fingerprint density at radius 1 is 1.21 bits per heavy atom. The summed E-state index contributed by atoms with van der Waals surface area (Å²) in [5.74, 6) is 0.689. The standard InChI is InChI=1S/C9H11ClO3S/c1-6-4-8(14(10,11)12)5-7(2)9(6)13-3/h4-5H,1-3H3. The highest BCUT2D eigenvalue weighted by Gasteiger charge is 2.13. The van der Waals surface area contributed by atoms with Crippen LogP contribution in [0.2, 0.25) is 0 Å². The molecule has 1 aromatic rings. The highest BCUT2D eigenvalue weighted by Crippen LogP contribution is 2.27. The van der Waals surface area contributed by atoms with Gasteiger partial charge in [0.2, 0.25) is 0 Å². The Morgan fingerprint density at radius 2 is 1.64 bits per heavy atom. The lowest BCUT2D eigenvalue weighted by Gasteiger charge is -2.09. The van der Waals surface area contributed by atoms with E-state index in [1.807, 2.05) is 0 Å². The fourth-order valence-corrected chi connectivity index (χ4v) is 2.28. The third kappa shape index (κ3) is 2.19. The largest absolute Gasteiger partial charge is 0.496 e. The van der Waals surface area contributed by atoms with E-state index >= 15 is 0 Å². The lowest BCUT2D eigenvalue weighted by Crippen LogP contribution is -1.96. The number of hydrogen-bond acceptors (Lipinski definition) is 3. The van der Waals surface area contributed by atoms with Gasteiger partial charge in [-0.3, -0.25) is 0 Å². The average molecular weight is 235 g/mol. The summed E-state index contributed by atoms with van der Waals surface area (Å²) < 4.78 is 27.2. The van der Waals surface area contributed by atoms with Crippen molar-refractivity contribution in [1.29, 1.82) is 0 Å². The van der Waals surface area contributed by atoms with E-state index in [9.17, 15) is 8.42 Å². The van der Waals surface area contributed by atoms with Crippen LogP contribution in [0.1, 0.15) is 11.1 Å². The molecule has 0 spiro atoms. The van der Waals surface area contributed by atoms with Gasteiger partial charge in [-0.2, -0.15) is 0 Å². The number of rotatable bonds is 2. The van der Waals surface area contributed by atoms with Gasteiger partial charge in [0.05, 0.1) is 12.0 Å². The van der Waals surface area contributed by atoms with Crippen molar-refractivity contribution in [2.45, 2.75) is 18.7 Å². The molecule has 0 bridgehead atoms. The summed E-state index contributed by atoms with van der Waals surface area (Å²) in [7, 11) is 3.12. The van der Waals surface area contributed by atoms with E-state index in [0.717, 1.165) is 11.1 Å². The molecule has 0 radical (unpaired) electrons. The molecule has 0 aliphatic carbocycles. The van der Waals surface area contributed by atoms with Gasteiger partial charge in [-0.15, -0.1) is 0 Å². The molecule has 0 atom stereocenters. The molecule has 14 heavy (non-hydrogen) atoms. The average Bonchev–Trinajstić information content (AvgIpc) is 2.01. The minimum Gasteiger partial charge on any atom is -0.496 e. The van der Waals surface area contributed by atoms with Gasteiger partial charge in [0, 0.05) is 10.7 Å². The van der Waals surface area contributed by atoms with Crippen LogP contribution in [-0.2, 0) is 9.05 Å². The van der Waals surface area contributed by atoms with E-state index in [0.29, 0.717) is 5.75 Å². The minimum absolute atomic E-state index is 0.106. The molecular formula is C9H11ClO3S. The van der Waals surface area contributed by atoms with Crippen LogP contribution in [0, 0.1) is 13.8 Å². The van der Waals surface area contributed by atoms with Crippen molar-refractivity contribution in [1.82, 2.24) is 0 Å². The highest BCUT2D eigenvalue weighted by molar-refractivity contribution is 8.13. The van der Waals surface area contributed by atoms with Crippen LogP contribution in [0.5, 0.6) is 5.75 Å². The first kappa shape index (κ1) is 11.3.